The number of rotatable bonds is 6. The minimum Gasteiger partial charge on any atom is -0.396 e. The van der Waals surface area contributed by atoms with Gasteiger partial charge in [0.2, 0.25) is 5.91 Å². The third-order valence-electron chi connectivity index (χ3n) is 3.85. The molecular formula is C14H19N3O4. The number of hydrogen-bond donors (Lipinski definition) is 2. The topological polar surface area (TPSA) is 95.7 Å². The van der Waals surface area contributed by atoms with E-state index in [0.29, 0.717) is 18.4 Å². The number of aliphatic hydroxyl groups is 1. The summed E-state index contributed by atoms with van der Waals surface area (Å²) in [6, 6.07) is 6.33. The van der Waals surface area contributed by atoms with Gasteiger partial charge in [-0.3, -0.25) is 20.3 Å². The van der Waals surface area contributed by atoms with E-state index in [9.17, 15) is 20.0 Å². The van der Waals surface area contributed by atoms with E-state index < -0.39 is 4.92 Å². The van der Waals surface area contributed by atoms with Crippen molar-refractivity contribution in [3.63, 3.8) is 0 Å². The third kappa shape index (κ3) is 3.20. The molecule has 1 aromatic carbocycles. The van der Waals surface area contributed by atoms with Gasteiger partial charge in [-0.15, -0.1) is 0 Å². The summed E-state index contributed by atoms with van der Waals surface area (Å²) in [5.74, 6) is -0.283. The maximum absolute atomic E-state index is 11.9. The number of carbonyl (C=O) groups is 1. The van der Waals surface area contributed by atoms with Crippen molar-refractivity contribution < 1.29 is 14.8 Å². The summed E-state index contributed by atoms with van der Waals surface area (Å²) in [6.45, 7) is 2.15. The molecule has 1 fully saturated rings. The van der Waals surface area contributed by atoms with Crippen LogP contribution in [-0.4, -0.2) is 33.6 Å². The number of para-hydroxylation sites is 1. The second-order valence-corrected chi connectivity index (χ2v) is 5.08. The molecule has 1 amide bonds. The van der Waals surface area contributed by atoms with E-state index in [1.807, 2.05) is 6.92 Å². The van der Waals surface area contributed by atoms with Gasteiger partial charge in [0.25, 0.3) is 5.69 Å². The fourth-order valence-corrected chi connectivity index (χ4v) is 2.81. The highest BCUT2D eigenvalue weighted by atomic mass is 16.6. The molecule has 0 aromatic heterocycles. The van der Waals surface area contributed by atoms with Gasteiger partial charge in [0.15, 0.2) is 0 Å². The molecule has 0 radical (unpaired) electrons. The van der Waals surface area contributed by atoms with Crippen molar-refractivity contribution in [1.29, 1.82) is 0 Å². The first-order valence-electron chi connectivity index (χ1n) is 6.98. The van der Waals surface area contributed by atoms with E-state index >= 15 is 0 Å². The highest BCUT2D eigenvalue weighted by Crippen LogP contribution is 2.27. The second-order valence-electron chi connectivity index (χ2n) is 5.08. The lowest BCUT2D eigenvalue weighted by Crippen LogP contribution is -2.38. The summed E-state index contributed by atoms with van der Waals surface area (Å²) in [4.78, 5) is 22.6. The molecule has 2 N–H and O–H groups in total. The van der Waals surface area contributed by atoms with Crippen LogP contribution in [0.15, 0.2) is 24.3 Å². The van der Waals surface area contributed by atoms with Crippen LogP contribution in [0.5, 0.6) is 0 Å². The van der Waals surface area contributed by atoms with Crippen molar-refractivity contribution in [2.24, 2.45) is 5.92 Å². The Hall–Kier alpha value is -1.99. The Morgan fingerprint density at radius 1 is 1.43 bits per heavy atom. The van der Waals surface area contributed by atoms with E-state index in [0.717, 1.165) is 0 Å². The molecule has 0 bridgehead atoms. The predicted molar refractivity (Wildman–Crippen MR) is 76.1 cm³/mol. The Bertz CT molecular complexity index is 535. The first-order valence-corrected chi connectivity index (χ1v) is 6.98. The van der Waals surface area contributed by atoms with Crippen molar-refractivity contribution in [3.05, 3.63) is 39.9 Å². The molecule has 7 nitrogen and oxygen atoms in total. The molecule has 21 heavy (non-hydrogen) atoms. The highest BCUT2D eigenvalue weighted by Gasteiger charge is 2.39. The zero-order chi connectivity index (χ0) is 15.4. The molecule has 114 valence electrons. The minimum atomic E-state index is -0.425. The van der Waals surface area contributed by atoms with Crippen LogP contribution in [-0.2, 0) is 11.3 Å². The standard InChI is InChI=1S/C14H19N3O4/c1-2-11-13(7-8-18)16(15-14(11)19)9-10-5-3-4-6-12(10)17(20)21/h3-6,11,13,18H,2,7-9H2,1H3,(H,15,19)/t11-,13+/m0/s1. The van der Waals surface area contributed by atoms with Crippen LogP contribution in [0, 0.1) is 16.0 Å². The van der Waals surface area contributed by atoms with Crippen LogP contribution in [0.3, 0.4) is 0 Å². The van der Waals surface area contributed by atoms with E-state index in [-0.39, 0.29) is 36.7 Å². The first kappa shape index (κ1) is 15.4. The summed E-state index contributed by atoms with van der Waals surface area (Å²) < 4.78 is 0. The van der Waals surface area contributed by atoms with Crippen molar-refractivity contribution in [2.45, 2.75) is 32.4 Å². The highest BCUT2D eigenvalue weighted by molar-refractivity contribution is 5.80. The number of hydrogen-bond acceptors (Lipinski definition) is 5. The number of nitrogens with one attached hydrogen (secondary N) is 1. The Kier molecular flexibility index (Phi) is 4.87. The molecule has 2 atom stereocenters. The average Bonchev–Trinajstić information content (AvgIpc) is 2.75. The van der Waals surface area contributed by atoms with Gasteiger partial charge < -0.3 is 5.11 Å². The van der Waals surface area contributed by atoms with Gasteiger partial charge in [0, 0.05) is 24.3 Å². The number of nitro benzene ring substituents is 1. The number of carbonyl (C=O) groups excluding carboxylic acids is 1. The SMILES string of the molecule is CC[C@@H]1C(=O)NN(Cc2ccccc2[N+](=O)[O-])[C@@H]1CCO. The van der Waals surface area contributed by atoms with Crippen molar-refractivity contribution in [3.8, 4) is 0 Å². The molecular weight excluding hydrogens is 274 g/mol. The number of benzene rings is 1. The van der Waals surface area contributed by atoms with E-state index in [1.54, 1.807) is 23.2 Å². The van der Waals surface area contributed by atoms with Gasteiger partial charge in [0.05, 0.1) is 17.4 Å². The molecule has 0 saturated carbocycles. The summed E-state index contributed by atoms with van der Waals surface area (Å²) in [6.07, 6.45) is 1.13. The zero-order valence-corrected chi connectivity index (χ0v) is 11.9. The van der Waals surface area contributed by atoms with Crippen LogP contribution in [0.2, 0.25) is 0 Å². The largest absolute Gasteiger partial charge is 0.396 e. The van der Waals surface area contributed by atoms with E-state index in [4.69, 9.17) is 0 Å². The molecule has 0 aliphatic carbocycles. The number of nitro groups is 1. The zero-order valence-electron chi connectivity index (χ0n) is 11.9. The molecule has 2 rings (SSSR count). The molecule has 1 heterocycles. The smallest absolute Gasteiger partial charge is 0.273 e. The van der Waals surface area contributed by atoms with Gasteiger partial charge in [-0.1, -0.05) is 25.1 Å². The first-order chi connectivity index (χ1) is 10.1. The predicted octanol–water partition coefficient (Wildman–Crippen LogP) is 1.22. The lowest BCUT2D eigenvalue weighted by molar-refractivity contribution is -0.385. The fraction of sp³-hybridized carbons (Fsp3) is 0.500. The van der Waals surface area contributed by atoms with Crippen LogP contribution in [0.4, 0.5) is 5.69 Å². The summed E-state index contributed by atoms with van der Waals surface area (Å²) in [5, 5.41) is 21.9. The van der Waals surface area contributed by atoms with Crippen molar-refractivity contribution in [1.82, 2.24) is 10.4 Å². The van der Waals surface area contributed by atoms with E-state index in [2.05, 4.69) is 5.43 Å². The van der Waals surface area contributed by atoms with Gasteiger partial charge in [0.1, 0.15) is 0 Å². The summed E-state index contributed by atoms with van der Waals surface area (Å²) >= 11 is 0. The van der Waals surface area contributed by atoms with Crippen LogP contribution in [0.25, 0.3) is 0 Å². The van der Waals surface area contributed by atoms with Gasteiger partial charge >= 0.3 is 0 Å². The quantitative estimate of drug-likeness (QED) is 0.607. The Morgan fingerprint density at radius 3 is 2.76 bits per heavy atom. The summed E-state index contributed by atoms with van der Waals surface area (Å²) in [7, 11) is 0. The Labute approximate surface area is 122 Å². The average molecular weight is 293 g/mol. The van der Waals surface area contributed by atoms with Crippen LogP contribution >= 0.6 is 0 Å². The number of nitrogens with zero attached hydrogens (tertiary/aromatic N) is 2. The lowest BCUT2D eigenvalue weighted by Gasteiger charge is -2.24. The maximum atomic E-state index is 11.9. The molecule has 1 aliphatic heterocycles. The second kappa shape index (κ2) is 6.64. The van der Waals surface area contributed by atoms with E-state index in [1.165, 1.54) is 6.07 Å². The Balaban J connectivity index is 2.22. The van der Waals surface area contributed by atoms with Crippen molar-refractivity contribution in [2.75, 3.05) is 6.61 Å². The van der Waals surface area contributed by atoms with Crippen LogP contribution < -0.4 is 5.43 Å². The number of aliphatic hydroxyl groups excluding tert-OH is 1. The molecule has 1 saturated heterocycles. The number of hydrazine groups is 1. The molecule has 0 spiro atoms. The van der Waals surface area contributed by atoms with Crippen LogP contribution in [0.1, 0.15) is 25.3 Å². The van der Waals surface area contributed by atoms with Gasteiger partial charge in [-0.05, 0) is 12.8 Å². The molecule has 1 aromatic rings. The molecule has 7 heteroatoms. The molecule has 0 unspecified atom stereocenters. The third-order valence-corrected chi connectivity index (χ3v) is 3.85. The fourth-order valence-electron chi connectivity index (χ4n) is 2.81. The maximum Gasteiger partial charge on any atom is 0.273 e. The van der Waals surface area contributed by atoms with Gasteiger partial charge in [-0.25, -0.2) is 5.01 Å². The molecule has 1 aliphatic rings. The lowest BCUT2D eigenvalue weighted by atomic mass is 9.95. The normalized spacial score (nSPS) is 22.3. The monoisotopic (exact) mass is 293 g/mol. The number of amides is 1. The van der Waals surface area contributed by atoms with Crippen molar-refractivity contribution >= 4 is 11.6 Å². The summed E-state index contributed by atoms with van der Waals surface area (Å²) in [5.41, 5.74) is 3.35. The Morgan fingerprint density at radius 2 is 2.14 bits per heavy atom. The van der Waals surface area contributed by atoms with Gasteiger partial charge in [-0.2, -0.15) is 0 Å². The minimum absolute atomic E-state index is 0.0243.